The molecule has 0 aliphatic carbocycles. The van der Waals surface area contributed by atoms with Gasteiger partial charge in [0, 0.05) is 63.7 Å². The van der Waals surface area contributed by atoms with Gasteiger partial charge in [0.25, 0.3) is 0 Å². The molecule has 4 heterocycles. The predicted octanol–water partition coefficient (Wildman–Crippen LogP) is 3.20. The number of rotatable bonds is 7. The maximum Gasteiger partial charge on any atom is 0.240 e. The second-order valence-electron chi connectivity index (χ2n) is 9.72. The molecule has 2 saturated heterocycles. The van der Waals surface area contributed by atoms with Crippen LogP contribution in [0.5, 0.6) is 0 Å². The van der Waals surface area contributed by atoms with Gasteiger partial charge in [0.2, 0.25) is 17.7 Å². The number of hydrogen-bond acceptors (Lipinski definition) is 5. The van der Waals surface area contributed by atoms with E-state index in [9.17, 15) is 14.4 Å². The first-order valence-corrected chi connectivity index (χ1v) is 12.6. The molecule has 186 valence electrons. The fourth-order valence-corrected chi connectivity index (χ4v) is 5.58. The maximum atomic E-state index is 13.9. The van der Waals surface area contributed by atoms with Crippen molar-refractivity contribution in [2.24, 2.45) is 7.05 Å². The van der Waals surface area contributed by atoms with Crippen molar-refractivity contribution in [3.63, 3.8) is 0 Å². The Bertz CT molecular complexity index is 1240. The summed E-state index contributed by atoms with van der Waals surface area (Å²) in [5.41, 5.74) is 0.323. The lowest BCUT2D eigenvalue weighted by Crippen LogP contribution is -2.46. The van der Waals surface area contributed by atoms with E-state index in [-0.39, 0.29) is 43.1 Å². The van der Waals surface area contributed by atoms with Crippen LogP contribution in [0.3, 0.4) is 0 Å². The molecule has 0 radical (unpaired) electrons. The Morgan fingerprint density at radius 2 is 1.83 bits per heavy atom. The molecule has 8 nitrogen and oxygen atoms in total. The summed E-state index contributed by atoms with van der Waals surface area (Å²) < 4.78 is 1.95. The minimum absolute atomic E-state index is 0.00921. The smallest absolute Gasteiger partial charge is 0.240 e. The molecule has 36 heavy (non-hydrogen) atoms. The predicted molar refractivity (Wildman–Crippen MR) is 134 cm³/mol. The normalized spacial score (nSPS) is 22.3. The van der Waals surface area contributed by atoms with E-state index in [2.05, 4.69) is 9.97 Å². The molecule has 0 bridgehead atoms. The molecular weight excluding hydrogens is 454 g/mol. The lowest BCUT2D eigenvalue weighted by Gasteiger charge is -2.37. The molecule has 2 aromatic heterocycles. The van der Waals surface area contributed by atoms with Gasteiger partial charge in [0.05, 0.1) is 11.5 Å². The number of amides is 3. The summed E-state index contributed by atoms with van der Waals surface area (Å²) in [6.07, 6.45) is 8.52. The highest BCUT2D eigenvalue weighted by atomic mass is 16.2. The summed E-state index contributed by atoms with van der Waals surface area (Å²) in [6.45, 7) is 0.865. The van der Waals surface area contributed by atoms with Crippen LogP contribution in [-0.4, -0.2) is 55.1 Å². The van der Waals surface area contributed by atoms with Crippen molar-refractivity contribution < 1.29 is 14.4 Å². The quantitative estimate of drug-likeness (QED) is 0.480. The molecule has 5 rings (SSSR count). The Morgan fingerprint density at radius 1 is 1.03 bits per heavy atom. The van der Waals surface area contributed by atoms with Crippen LogP contribution in [0.25, 0.3) is 0 Å². The molecule has 2 atom stereocenters. The number of hydrogen-bond donors (Lipinski definition) is 0. The van der Waals surface area contributed by atoms with E-state index in [4.69, 9.17) is 0 Å². The van der Waals surface area contributed by atoms with E-state index < -0.39 is 5.41 Å². The molecule has 1 aromatic carbocycles. The number of piperidine rings is 1. The minimum Gasteiger partial charge on any atom is -0.336 e. The average molecular weight is 486 g/mol. The van der Waals surface area contributed by atoms with Gasteiger partial charge >= 0.3 is 0 Å². The number of likely N-dealkylation sites (tertiary alicyclic amines) is 2. The first kappa shape index (κ1) is 23.9. The largest absolute Gasteiger partial charge is 0.336 e. The SMILES string of the molecule is Cn1ccnc1C1CCCCN1C(=O)CC1(c2ccccc2)CC(=O)N(CCc2ccccn2)C1=O. The Kier molecular flexibility index (Phi) is 6.67. The van der Waals surface area contributed by atoms with Crippen molar-refractivity contribution in [3.8, 4) is 0 Å². The van der Waals surface area contributed by atoms with E-state index in [1.54, 1.807) is 12.4 Å². The van der Waals surface area contributed by atoms with Gasteiger partial charge in [-0.05, 0) is 37.0 Å². The topological polar surface area (TPSA) is 88.4 Å². The van der Waals surface area contributed by atoms with Gasteiger partial charge in [-0.2, -0.15) is 0 Å². The van der Waals surface area contributed by atoms with Crippen LogP contribution in [0.2, 0.25) is 0 Å². The van der Waals surface area contributed by atoms with Crippen molar-refractivity contribution in [1.82, 2.24) is 24.3 Å². The van der Waals surface area contributed by atoms with Crippen LogP contribution in [0, 0.1) is 0 Å². The molecule has 2 fully saturated rings. The maximum absolute atomic E-state index is 13.9. The van der Waals surface area contributed by atoms with Crippen LogP contribution in [-0.2, 0) is 33.3 Å². The summed E-state index contributed by atoms with van der Waals surface area (Å²) in [7, 11) is 1.93. The number of benzene rings is 1. The zero-order valence-corrected chi connectivity index (χ0v) is 20.5. The first-order valence-electron chi connectivity index (χ1n) is 12.6. The molecule has 2 unspecified atom stereocenters. The summed E-state index contributed by atoms with van der Waals surface area (Å²) in [5, 5.41) is 0. The van der Waals surface area contributed by atoms with Crippen molar-refractivity contribution in [3.05, 3.63) is 84.2 Å². The third kappa shape index (κ3) is 4.43. The van der Waals surface area contributed by atoms with Crippen molar-refractivity contribution in [1.29, 1.82) is 0 Å². The van der Waals surface area contributed by atoms with Crippen molar-refractivity contribution in [2.45, 2.75) is 50.0 Å². The van der Waals surface area contributed by atoms with Crippen LogP contribution < -0.4 is 0 Å². The number of carbonyl (C=O) groups is 3. The van der Waals surface area contributed by atoms with Gasteiger partial charge in [-0.15, -0.1) is 0 Å². The number of aromatic nitrogens is 3. The van der Waals surface area contributed by atoms with E-state index in [1.165, 1.54) is 4.90 Å². The van der Waals surface area contributed by atoms with Gasteiger partial charge in [-0.25, -0.2) is 4.98 Å². The monoisotopic (exact) mass is 485 g/mol. The highest BCUT2D eigenvalue weighted by Crippen LogP contribution is 2.41. The lowest BCUT2D eigenvalue weighted by atomic mass is 9.75. The summed E-state index contributed by atoms with van der Waals surface area (Å²) in [4.78, 5) is 53.0. The number of pyridine rings is 1. The molecule has 8 heteroatoms. The van der Waals surface area contributed by atoms with E-state index >= 15 is 0 Å². The number of aryl methyl sites for hydroxylation is 1. The average Bonchev–Trinajstić information content (AvgIpc) is 3.44. The summed E-state index contributed by atoms with van der Waals surface area (Å²) >= 11 is 0. The van der Waals surface area contributed by atoms with Gasteiger partial charge in [-0.3, -0.25) is 24.3 Å². The molecule has 3 aromatic rings. The zero-order valence-electron chi connectivity index (χ0n) is 20.5. The summed E-state index contributed by atoms with van der Waals surface area (Å²) in [5.74, 6) is 0.197. The van der Waals surface area contributed by atoms with Crippen LogP contribution in [0.1, 0.15) is 55.2 Å². The van der Waals surface area contributed by atoms with Crippen molar-refractivity contribution in [2.75, 3.05) is 13.1 Å². The minimum atomic E-state index is -1.21. The third-order valence-electron chi connectivity index (χ3n) is 7.49. The van der Waals surface area contributed by atoms with Crippen LogP contribution in [0.15, 0.2) is 67.1 Å². The number of imide groups is 1. The molecule has 0 N–H and O–H groups in total. The summed E-state index contributed by atoms with van der Waals surface area (Å²) in [6, 6.07) is 14.8. The van der Waals surface area contributed by atoms with E-state index in [0.29, 0.717) is 18.5 Å². The Morgan fingerprint density at radius 3 is 2.56 bits per heavy atom. The third-order valence-corrected chi connectivity index (χ3v) is 7.49. The molecule has 0 saturated carbocycles. The fourth-order valence-electron chi connectivity index (χ4n) is 5.58. The van der Waals surface area contributed by atoms with Gasteiger partial charge in [0.1, 0.15) is 5.82 Å². The first-order chi connectivity index (χ1) is 17.5. The van der Waals surface area contributed by atoms with Crippen LogP contribution >= 0.6 is 0 Å². The van der Waals surface area contributed by atoms with E-state index in [1.807, 2.05) is 71.2 Å². The number of imidazole rings is 1. The van der Waals surface area contributed by atoms with Gasteiger partial charge in [0.15, 0.2) is 0 Å². The number of nitrogens with zero attached hydrogens (tertiary/aromatic N) is 5. The van der Waals surface area contributed by atoms with Crippen LogP contribution in [0.4, 0.5) is 0 Å². The zero-order chi connectivity index (χ0) is 25.1. The highest BCUT2D eigenvalue weighted by molar-refractivity contribution is 6.10. The van der Waals surface area contributed by atoms with E-state index in [0.717, 1.165) is 30.8 Å². The van der Waals surface area contributed by atoms with Gasteiger partial charge < -0.3 is 9.47 Å². The molecular formula is C28H31N5O3. The standard InChI is InChI=1S/C28H31N5O3/c1-31-18-15-30-26(31)23-12-6-8-16-32(23)24(34)19-28(21-9-3-2-4-10-21)20-25(35)33(27(28)36)17-13-22-11-5-7-14-29-22/h2-5,7,9-11,14-15,18,23H,6,8,12-13,16-17,19-20H2,1H3. The molecule has 3 amide bonds. The van der Waals surface area contributed by atoms with Crippen molar-refractivity contribution >= 4 is 17.7 Å². The second-order valence-corrected chi connectivity index (χ2v) is 9.72. The Labute approximate surface area is 211 Å². The van der Waals surface area contributed by atoms with Gasteiger partial charge in [-0.1, -0.05) is 36.4 Å². The Hall–Kier alpha value is -3.81. The number of carbonyl (C=O) groups excluding carboxylic acids is 3. The molecule has 2 aliphatic rings. The highest BCUT2D eigenvalue weighted by Gasteiger charge is 2.54. The molecule has 0 spiro atoms. The lowest BCUT2D eigenvalue weighted by molar-refractivity contribution is -0.144. The fraction of sp³-hybridized carbons (Fsp3) is 0.393. The second kappa shape index (κ2) is 10.0. The Balaban J connectivity index is 1.43. The molecule has 2 aliphatic heterocycles.